The molecular weight excluding hydrogens is 168 g/mol. The van der Waals surface area contributed by atoms with E-state index in [2.05, 4.69) is 4.74 Å². The fourth-order valence-electron chi connectivity index (χ4n) is 1.15. The van der Waals surface area contributed by atoms with Crippen molar-refractivity contribution in [1.82, 2.24) is 0 Å². The van der Waals surface area contributed by atoms with Crippen LogP contribution in [0, 0.1) is 0 Å². The van der Waals surface area contributed by atoms with E-state index in [1.165, 1.54) is 0 Å². The van der Waals surface area contributed by atoms with Crippen molar-refractivity contribution in [3.05, 3.63) is 0 Å². The van der Waals surface area contributed by atoms with E-state index in [1.54, 1.807) is 0 Å². The molecule has 0 aliphatic carbocycles. The third-order valence-corrected chi connectivity index (χ3v) is 1.93. The first-order valence-corrected chi connectivity index (χ1v) is 3.53. The highest BCUT2D eigenvalue weighted by molar-refractivity contribution is 4.94. The lowest BCUT2D eigenvalue weighted by atomic mass is 10.1. The minimum Gasteiger partial charge on any atom is -0.394 e. The zero-order valence-corrected chi connectivity index (χ0v) is 6.29. The van der Waals surface area contributed by atoms with Crippen molar-refractivity contribution in [1.29, 1.82) is 0 Å². The molecule has 4 atom stereocenters. The molecule has 5 N–H and O–H groups in total. The number of rotatable bonds is 2. The van der Waals surface area contributed by atoms with Crippen molar-refractivity contribution in [3.63, 3.8) is 0 Å². The summed E-state index contributed by atoms with van der Waals surface area (Å²) >= 11 is 0. The largest absolute Gasteiger partial charge is 0.394 e. The Bertz CT molecular complexity index is 162. The van der Waals surface area contributed by atoms with Crippen molar-refractivity contribution >= 4 is 0 Å². The molecule has 1 aliphatic rings. The molecule has 0 bridgehead atoms. The van der Waals surface area contributed by atoms with Gasteiger partial charge in [-0.15, -0.1) is 0 Å². The standard InChI is InChI=1S/C6H12O6/c7-1-3-4(9)5(10)6(11,2-8)12-3/h3-5,7-11H,1-2H2/t3-,4-,5+,6?/m0/s1. The number of aliphatic hydroxyl groups excluding tert-OH is 4. The van der Waals surface area contributed by atoms with Gasteiger partial charge in [0.1, 0.15) is 18.3 Å². The van der Waals surface area contributed by atoms with Crippen LogP contribution < -0.4 is 0 Å². The maximum Gasteiger partial charge on any atom is 0.219 e. The highest BCUT2D eigenvalue weighted by Crippen LogP contribution is 2.28. The summed E-state index contributed by atoms with van der Waals surface area (Å²) in [6.45, 7) is -1.36. The van der Waals surface area contributed by atoms with Gasteiger partial charge in [0.25, 0.3) is 0 Å². The highest BCUT2D eigenvalue weighted by atomic mass is 16.7. The Balaban J connectivity index is 2.72. The van der Waals surface area contributed by atoms with Gasteiger partial charge in [0.15, 0.2) is 0 Å². The lowest BCUT2D eigenvalue weighted by Gasteiger charge is -2.22. The van der Waals surface area contributed by atoms with E-state index in [-0.39, 0.29) is 0 Å². The quantitative estimate of drug-likeness (QED) is 0.306. The van der Waals surface area contributed by atoms with Crippen molar-refractivity contribution in [3.8, 4) is 0 Å². The van der Waals surface area contributed by atoms with Gasteiger partial charge in [0, 0.05) is 0 Å². The summed E-state index contributed by atoms with van der Waals surface area (Å²) in [5, 5.41) is 44.7. The van der Waals surface area contributed by atoms with E-state index >= 15 is 0 Å². The third-order valence-electron chi connectivity index (χ3n) is 1.93. The van der Waals surface area contributed by atoms with Crippen LogP contribution in [0.3, 0.4) is 0 Å². The fourth-order valence-corrected chi connectivity index (χ4v) is 1.15. The second-order valence-electron chi connectivity index (χ2n) is 2.78. The van der Waals surface area contributed by atoms with Gasteiger partial charge in [-0.3, -0.25) is 0 Å². The van der Waals surface area contributed by atoms with Gasteiger partial charge in [-0.2, -0.15) is 0 Å². The maximum atomic E-state index is 9.25. The second-order valence-corrected chi connectivity index (χ2v) is 2.78. The van der Waals surface area contributed by atoms with Gasteiger partial charge in [-0.05, 0) is 0 Å². The van der Waals surface area contributed by atoms with E-state index in [0.717, 1.165) is 0 Å². The van der Waals surface area contributed by atoms with Crippen LogP contribution in [-0.2, 0) is 4.74 Å². The topological polar surface area (TPSA) is 110 Å². The van der Waals surface area contributed by atoms with Crippen LogP contribution >= 0.6 is 0 Å². The highest BCUT2D eigenvalue weighted by Gasteiger charge is 2.52. The summed E-state index contributed by atoms with van der Waals surface area (Å²) in [7, 11) is 0. The Labute approximate surface area is 68.6 Å². The lowest BCUT2D eigenvalue weighted by molar-refractivity contribution is -0.248. The summed E-state index contributed by atoms with van der Waals surface area (Å²) in [5.41, 5.74) is 0. The molecule has 0 saturated carbocycles. The predicted octanol–water partition coefficient (Wildman–Crippen LogP) is -3.22. The summed E-state index contributed by atoms with van der Waals surface area (Å²) in [6.07, 6.45) is -4.04. The SMILES string of the molecule is OC[C@@H]1OC(O)(CO)[C@H](O)[C@H]1O. The van der Waals surface area contributed by atoms with Crippen LogP contribution in [0.4, 0.5) is 0 Å². The van der Waals surface area contributed by atoms with Crippen molar-refractivity contribution in [2.24, 2.45) is 0 Å². The van der Waals surface area contributed by atoms with E-state index in [9.17, 15) is 5.11 Å². The van der Waals surface area contributed by atoms with Gasteiger partial charge in [0.2, 0.25) is 5.79 Å². The minimum absolute atomic E-state index is 0.527. The van der Waals surface area contributed by atoms with Crippen LogP contribution in [0.2, 0.25) is 0 Å². The first kappa shape index (κ1) is 9.85. The molecule has 12 heavy (non-hydrogen) atoms. The van der Waals surface area contributed by atoms with Gasteiger partial charge >= 0.3 is 0 Å². The molecule has 1 saturated heterocycles. The molecule has 6 heteroatoms. The molecule has 1 heterocycles. The summed E-state index contributed by atoms with van der Waals surface area (Å²) in [6, 6.07) is 0. The molecule has 0 spiro atoms. The van der Waals surface area contributed by atoms with Crippen molar-refractivity contribution in [2.75, 3.05) is 13.2 Å². The van der Waals surface area contributed by atoms with E-state index < -0.39 is 37.3 Å². The molecule has 6 nitrogen and oxygen atoms in total. The van der Waals surface area contributed by atoms with E-state index in [0.29, 0.717) is 0 Å². The molecule has 0 aromatic carbocycles. The van der Waals surface area contributed by atoms with Gasteiger partial charge < -0.3 is 30.3 Å². The molecule has 0 aromatic rings. The Morgan fingerprint density at radius 2 is 1.83 bits per heavy atom. The molecular formula is C6H12O6. The van der Waals surface area contributed by atoms with Crippen LogP contribution in [0.5, 0.6) is 0 Å². The maximum absolute atomic E-state index is 9.25. The first-order chi connectivity index (χ1) is 5.55. The molecule has 0 amide bonds. The normalized spacial score (nSPS) is 48.2. The fraction of sp³-hybridized carbons (Fsp3) is 1.00. The van der Waals surface area contributed by atoms with E-state index in [1.807, 2.05) is 0 Å². The molecule has 1 aliphatic heterocycles. The molecule has 0 radical (unpaired) electrons. The van der Waals surface area contributed by atoms with Gasteiger partial charge in [-0.1, -0.05) is 0 Å². The molecule has 1 unspecified atom stereocenters. The predicted molar refractivity (Wildman–Crippen MR) is 36.0 cm³/mol. The van der Waals surface area contributed by atoms with Gasteiger partial charge in [-0.25, -0.2) is 0 Å². The number of ether oxygens (including phenoxy) is 1. The number of hydrogen-bond donors (Lipinski definition) is 5. The van der Waals surface area contributed by atoms with Crippen molar-refractivity contribution < 1.29 is 30.3 Å². The van der Waals surface area contributed by atoms with Crippen LogP contribution in [0.25, 0.3) is 0 Å². The van der Waals surface area contributed by atoms with Crippen LogP contribution in [0.15, 0.2) is 0 Å². The average molecular weight is 180 g/mol. The molecule has 1 rings (SSSR count). The van der Waals surface area contributed by atoms with Crippen LogP contribution in [0.1, 0.15) is 0 Å². The van der Waals surface area contributed by atoms with Crippen LogP contribution in [-0.4, -0.2) is 62.8 Å². The summed E-state index contributed by atoms with van der Waals surface area (Å²) in [5.74, 6) is -2.16. The zero-order chi connectivity index (χ0) is 9.35. The minimum atomic E-state index is -2.16. The second kappa shape index (κ2) is 3.25. The Morgan fingerprint density at radius 1 is 1.25 bits per heavy atom. The summed E-state index contributed by atoms with van der Waals surface area (Å²) < 4.78 is 4.63. The van der Waals surface area contributed by atoms with E-state index in [4.69, 9.17) is 20.4 Å². The number of aliphatic hydroxyl groups is 5. The Morgan fingerprint density at radius 3 is 2.08 bits per heavy atom. The van der Waals surface area contributed by atoms with Crippen molar-refractivity contribution in [2.45, 2.75) is 24.1 Å². The monoisotopic (exact) mass is 180 g/mol. The molecule has 72 valence electrons. The molecule has 0 aromatic heterocycles. The summed E-state index contributed by atoms with van der Waals surface area (Å²) in [4.78, 5) is 0. The van der Waals surface area contributed by atoms with Gasteiger partial charge in [0.05, 0.1) is 13.2 Å². The molecule has 1 fully saturated rings. The Hall–Kier alpha value is -0.240. The third kappa shape index (κ3) is 1.33. The smallest absolute Gasteiger partial charge is 0.219 e. The average Bonchev–Trinajstić information content (AvgIpc) is 2.31. The Kier molecular flexibility index (Phi) is 2.67. The lowest BCUT2D eigenvalue weighted by Crippen LogP contribution is -2.46. The number of hydrogen-bond acceptors (Lipinski definition) is 6. The first-order valence-electron chi connectivity index (χ1n) is 3.53. The zero-order valence-electron chi connectivity index (χ0n) is 6.29.